The number of phosphoric ester groups is 2. The predicted octanol–water partition coefficient (Wildman–Crippen LogP) is 23.2. The van der Waals surface area contributed by atoms with Crippen molar-refractivity contribution in [2.75, 3.05) is 39.6 Å². The molecular formula is C79H154O17P2. The van der Waals surface area contributed by atoms with Gasteiger partial charge in [-0.2, -0.15) is 0 Å². The van der Waals surface area contributed by atoms with E-state index in [1.807, 2.05) is 0 Å². The Hall–Kier alpha value is -1.94. The molecule has 0 radical (unpaired) electrons. The van der Waals surface area contributed by atoms with Crippen LogP contribution in [0.1, 0.15) is 402 Å². The molecule has 0 heterocycles. The summed E-state index contributed by atoms with van der Waals surface area (Å²) in [5, 5.41) is 10.6. The minimum atomic E-state index is -4.96. The zero-order valence-electron chi connectivity index (χ0n) is 64.4. The van der Waals surface area contributed by atoms with Crippen LogP contribution >= 0.6 is 15.6 Å². The van der Waals surface area contributed by atoms with Crippen molar-refractivity contribution < 1.29 is 80.2 Å². The summed E-state index contributed by atoms with van der Waals surface area (Å²) in [6.45, 7) is 14.2. The number of carbonyl (C=O) groups is 4. The summed E-state index contributed by atoms with van der Waals surface area (Å²) in [4.78, 5) is 73.0. The third-order valence-electron chi connectivity index (χ3n) is 18.7. The summed E-state index contributed by atoms with van der Waals surface area (Å²) in [6, 6.07) is 0. The summed E-state index contributed by atoms with van der Waals surface area (Å²) >= 11 is 0. The number of unbranched alkanes of at least 4 members (excludes halogenated alkanes) is 41. The molecule has 19 heteroatoms. The van der Waals surface area contributed by atoms with Crippen molar-refractivity contribution in [2.45, 2.75) is 420 Å². The van der Waals surface area contributed by atoms with Crippen LogP contribution in [0.25, 0.3) is 0 Å². The van der Waals surface area contributed by atoms with Crippen molar-refractivity contribution in [1.29, 1.82) is 0 Å². The Balaban J connectivity index is 5.25. The first kappa shape index (κ1) is 96.1. The molecule has 0 aliphatic carbocycles. The third-order valence-corrected chi connectivity index (χ3v) is 20.6. The number of hydrogen-bond acceptors (Lipinski definition) is 15. The molecule has 0 fully saturated rings. The van der Waals surface area contributed by atoms with Crippen molar-refractivity contribution in [3.8, 4) is 0 Å². The van der Waals surface area contributed by atoms with Gasteiger partial charge in [0.15, 0.2) is 12.2 Å². The first-order chi connectivity index (χ1) is 47.1. The summed E-state index contributed by atoms with van der Waals surface area (Å²) in [5.74, 6) is 0.978. The number of aliphatic hydroxyl groups is 1. The lowest BCUT2D eigenvalue weighted by molar-refractivity contribution is -0.161. The lowest BCUT2D eigenvalue weighted by atomic mass is 10.00. The van der Waals surface area contributed by atoms with Crippen LogP contribution in [0.3, 0.4) is 0 Å². The van der Waals surface area contributed by atoms with Crippen LogP contribution in [-0.4, -0.2) is 96.7 Å². The molecule has 582 valence electrons. The zero-order valence-corrected chi connectivity index (χ0v) is 66.2. The molecule has 0 amide bonds. The fourth-order valence-corrected chi connectivity index (χ4v) is 13.6. The van der Waals surface area contributed by atoms with Crippen molar-refractivity contribution in [2.24, 2.45) is 23.7 Å². The Bertz CT molecular complexity index is 1920. The van der Waals surface area contributed by atoms with E-state index in [-0.39, 0.29) is 25.7 Å². The van der Waals surface area contributed by atoms with Crippen molar-refractivity contribution in [3.05, 3.63) is 0 Å². The molecule has 98 heavy (non-hydrogen) atoms. The predicted molar refractivity (Wildman–Crippen MR) is 400 cm³/mol. The zero-order chi connectivity index (χ0) is 72.4. The minimum Gasteiger partial charge on any atom is -0.462 e. The highest BCUT2D eigenvalue weighted by molar-refractivity contribution is 7.47. The van der Waals surface area contributed by atoms with Gasteiger partial charge in [-0.25, -0.2) is 9.13 Å². The molecule has 0 rings (SSSR count). The van der Waals surface area contributed by atoms with E-state index in [0.29, 0.717) is 25.7 Å². The molecular weight excluding hydrogens is 1280 g/mol. The van der Waals surface area contributed by atoms with Gasteiger partial charge in [-0.3, -0.25) is 37.3 Å². The van der Waals surface area contributed by atoms with Crippen molar-refractivity contribution in [3.63, 3.8) is 0 Å². The van der Waals surface area contributed by atoms with Crippen molar-refractivity contribution >= 4 is 39.5 Å². The van der Waals surface area contributed by atoms with Gasteiger partial charge in [0.25, 0.3) is 0 Å². The van der Waals surface area contributed by atoms with E-state index in [2.05, 4.69) is 55.4 Å². The fraction of sp³-hybridized carbons (Fsp3) is 0.949. The van der Waals surface area contributed by atoms with Gasteiger partial charge in [0, 0.05) is 25.7 Å². The maximum Gasteiger partial charge on any atom is 0.472 e. The number of hydrogen-bond donors (Lipinski definition) is 3. The Morgan fingerprint density at radius 2 is 0.490 bits per heavy atom. The monoisotopic (exact) mass is 1440 g/mol. The van der Waals surface area contributed by atoms with Crippen LogP contribution in [0.2, 0.25) is 0 Å². The van der Waals surface area contributed by atoms with Crippen LogP contribution in [0.15, 0.2) is 0 Å². The summed E-state index contributed by atoms with van der Waals surface area (Å²) < 4.78 is 68.7. The maximum atomic E-state index is 13.1. The van der Waals surface area contributed by atoms with Gasteiger partial charge in [-0.05, 0) is 49.4 Å². The van der Waals surface area contributed by atoms with E-state index in [1.165, 1.54) is 199 Å². The summed E-state index contributed by atoms with van der Waals surface area (Å²) in [7, 11) is -9.92. The van der Waals surface area contributed by atoms with E-state index in [1.54, 1.807) is 0 Å². The Labute approximate surface area is 600 Å². The molecule has 0 bridgehead atoms. The number of carbonyl (C=O) groups excluding carboxylic acids is 4. The molecule has 0 aliphatic rings. The highest BCUT2D eigenvalue weighted by atomic mass is 31.2. The van der Waals surface area contributed by atoms with Crippen LogP contribution in [-0.2, 0) is 65.4 Å². The normalized spacial score (nSPS) is 14.3. The number of aliphatic hydroxyl groups excluding tert-OH is 1. The maximum absolute atomic E-state index is 13.1. The van der Waals surface area contributed by atoms with Gasteiger partial charge in [-0.15, -0.1) is 0 Å². The molecule has 6 atom stereocenters. The van der Waals surface area contributed by atoms with Crippen LogP contribution in [0, 0.1) is 23.7 Å². The smallest absolute Gasteiger partial charge is 0.462 e. The highest BCUT2D eigenvalue weighted by Gasteiger charge is 2.30. The molecule has 0 spiro atoms. The molecule has 0 saturated heterocycles. The molecule has 3 unspecified atom stereocenters. The lowest BCUT2D eigenvalue weighted by Gasteiger charge is -2.21. The Kier molecular flexibility index (Phi) is 66.8. The fourth-order valence-electron chi connectivity index (χ4n) is 12.0. The van der Waals surface area contributed by atoms with E-state index < -0.39 is 97.5 Å². The number of ether oxygens (including phenoxy) is 4. The van der Waals surface area contributed by atoms with Gasteiger partial charge < -0.3 is 33.8 Å². The van der Waals surface area contributed by atoms with Crippen LogP contribution in [0.4, 0.5) is 0 Å². The second-order valence-electron chi connectivity index (χ2n) is 30.1. The second kappa shape index (κ2) is 68.2. The van der Waals surface area contributed by atoms with E-state index in [4.69, 9.17) is 37.0 Å². The SMILES string of the molecule is CCC(C)CCCCCCCCC(=O)OC[C@H](COP(=O)(O)OC[C@H](O)COP(=O)(O)OC[C@@H](COC(=O)CCCCCCCCCCCCCCC(C)C)OC(=O)CCCCCCCCCCCCCCCC(C)C)OC(=O)CCCCCCCCCCCCCCCCC(C)C. The Morgan fingerprint density at radius 3 is 0.724 bits per heavy atom. The van der Waals surface area contributed by atoms with Gasteiger partial charge in [0.1, 0.15) is 19.3 Å². The summed E-state index contributed by atoms with van der Waals surface area (Å²) in [5.41, 5.74) is 0. The van der Waals surface area contributed by atoms with Crippen molar-refractivity contribution in [1.82, 2.24) is 0 Å². The molecule has 17 nitrogen and oxygen atoms in total. The average molecular weight is 1440 g/mol. The second-order valence-corrected chi connectivity index (χ2v) is 33.0. The number of phosphoric acid groups is 2. The molecule has 3 N–H and O–H groups in total. The van der Waals surface area contributed by atoms with E-state index in [0.717, 1.165) is 120 Å². The molecule has 0 aliphatic heterocycles. The van der Waals surface area contributed by atoms with E-state index >= 15 is 0 Å². The van der Waals surface area contributed by atoms with Gasteiger partial charge in [0.2, 0.25) is 0 Å². The van der Waals surface area contributed by atoms with Gasteiger partial charge in [-0.1, -0.05) is 351 Å². The number of rotatable bonds is 76. The Morgan fingerprint density at radius 1 is 0.286 bits per heavy atom. The van der Waals surface area contributed by atoms with Crippen LogP contribution in [0.5, 0.6) is 0 Å². The van der Waals surface area contributed by atoms with E-state index in [9.17, 15) is 43.2 Å². The molecule has 0 aromatic heterocycles. The average Bonchev–Trinajstić information content (AvgIpc) is 3.64. The van der Waals surface area contributed by atoms with Gasteiger partial charge in [0.05, 0.1) is 26.4 Å². The topological polar surface area (TPSA) is 237 Å². The highest BCUT2D eigenvalue weighted by Crippen LogP contribution is 2.45. The largest absolute Gasteiger partial charge is 0.472 e. The standard InChI is InChI=1S/C79H154O17P2/c1-9-72(8)58-50-42-37-38-44-52-60-77(82)90-66-75(96-79(84)61-53-45-35-29-23-15-11-10-13-19-25-31-39-47-55-69(2)3)68-94-98(87,88)92-64-73(80)63-91-97(85,86)93-67-74(65-89-76(81)59-51-43-34-28-22-18-17-21-27-33-41-49-57-71(6)7)95-78(83)62-54-46-36-30-24-16-12-14-20-26-32-40-48-56-70(4)5/h69-75,80H,9-68H2,1-8H3,(H,85,86)(H,87,88)/t72?,73-,74-,75-/m1/s1. The first-order valence-corrected chi connectivity index (χ1v) is 43.7. The molecule has 0 aromatic carbocycles. The molecule has 0 saturated carbocycles. The minimum absolute atomic E-state index is 0.106. The summed E-state index contributed by atoms with van der Waals surface area (Å²) in [6.07, 6.45) is 54.1. The van der Waals surface area contributed by atoms with Gasteiger partial charge >= 0.3 is 39.5 Å². The lowest BCUT2D eigenvalue weighted by Crippen LogP contribution is -2.30. The number of esters is 4. The molecule has 0 aromatic rings. The van der Waals surface area contributed by atoms with Crippen LogP contribution < -0.4 is 0 Å². The quantitative estimate of drug-likeness (QED) is 0.0222. The third kappa shape index (κ3) is 71.1. The first-order valence-electron chi connectivity index (χ1n) is 40.7.